The largest absolute Gasteiger partial charge is 0.463 e. The normalized spacial score (nSPS) is 9.24. The number of anilines is 1. The van der Waals surface area contributed by atoms with Gasteiger partial charge in [-0.1, -0.05) is 0 Å². The summed E-state index contributed by atoms with van der Waals surface area (Å²) in [7, 11) is 2.04. The van der Waals surface area contributed by atoms with Crippen molar-refractivity contribution < 1.29 is 14.3 Å². The molecule has 0 atom stereocenters. The summed E-state index contributed by atoms with van der Waals surface area (Å²) in [5.41, 5.74) is 1.07. The van der Waals surface area contributed by atoms with Crippen LogP contribution in [0.3, 0.4) is 0 Å². The highest BCUT2D eigenvalue weighted by Gasteiger charge is 2.04. The Hall–Kier alpha value is -2.31. The number of carbonyl (C=O) groups excluding carboxylic acids is 2. The van der Waals surface area contributed by atoms with E-state index in [1.54, 1.807) is 29.8 Å². The first-order valence-corrected chi connectivity index (χ1v) is 7.07. The van der Waals surface area contributed by atoms with Crippen LogP contribution in [-0.4, -0.2) is 41.3 Å². The van der Waals surface area contributed by atoms with E-state index in [9.17, 15) is 0 Å². The third-order valence-electron chi connectivity index (χ3n) is 2.34. The average Bonchev–Trinajstić information content (AvgIpc) is 2.92. The van der Waals surface area contributed by atoms with Crippen LogP contribution in [0.5, 0.6) is 6.01 Å². The molecular weight excluding hydrogens is 292 g/mol. The second-order valence-corrected chi connectivity index (χ2v) is 4.85. The zero-order valence-electron chi connectivity index (χ0n) is 11.9. The Bertz CT molecular complexity index is 556. The Kier molecular flexibility index (Phi) is 7.63. The summed E-state index contributed by atoms with van der Waals surface area (Å²) in [6.07, 6.45) is 4.51. The van der Waals surface area contributed by atoms with Crippen LogP contribution in [0.4, 0.5) is 5.13 Å². The summed E-state index contributed by atoms with van der Waals surface area (Å²) in [6.45, 7) is 3.52. The second-order valence-electron chi connectivity index (χ2n) is 4.01. The van der Waals surface area contributed by atoms with Gasteiger partial charge in [0.15, 0.2) is 5.13 Å². The fourth-order valence-electron chi connectivity index (χ4n) is 1.44. The van der Waals surface area contributed by atoms with Crippen molar-refractivity contribution in [1.29, 1.82) is 0 Å². The van der Waals surface area contributed by atoms with E-state index in [-0.39, 0.29) is 6.15 Å². The highest BCUT2D eigenvalue weighted by atomic mass is 32.1. The Morgan fingerprint density at radius 1 is 1.33 bits per heavy atom. The molecule has 0 N–H and O–H groups in total. The number of thiazole rings is 1. The minimum absolute atomic E-state index is 0.250. The highest BCUT2D eigenvalue weighted by Crippen LogP contribution is 2.18. The molecule has 0 spiro atoms. The molecule has 0 saturated carbocycles. The van der Waals surface area contributed by atoms with Crippen LogP contribution in [0, 0.1) is 6.92 Å². The molecule has 0 unspecified atom stereocenters. The number of nitrogens with zero attached hydrogens (tertiary/aromatic N) is 4. The quantitative estimate of drug-likeness (QED) is 0.749. The van der Waals surface area contributed by atoms with Gasteiger partial charge in [-0.3, -0.25) is 0 Å². The Labute approximate surface area is 126 Å². The van der Waals surface area contributed by atoms with Crippen molar-refractivity contribution in [2.24, 2.45) is 0 Å². The maximum absolute atomic E-state index is 8.12. The third-order valence-corrected chi connectivity index (χ3v) is 3.42. The van der Waals surface area contributed by atoms with Crippen molar-refractivity contribution in [3.8, 4) is 6.01 Å². The van der Waals surface area contributed by atoms with Crippen LogP contribution in [-0.2, 0) is 9.59 Å². The lowest BCUT2D eigenvalue weighted by atomic mass is 10.4. The van der Waals surface area contributed by atoms with E-state index < -0.39 is 0 Å². The minimum atomic E-state index is 0.250. The zero-order valence-corrected chi connectivity index (χ0v) is 12.7. The van der Waals surface area contributed by atoms with Gasteiger partial charge in [0.1, 0.15) is 0 Å². The molecule has 0 amide bonds. The van der Waals surface area contributed by atoms with Crippen LogP contribution in [0.15, 0.2) is 23.8 Å². The fraction of sp³-hybridized carbons (Fsp3) is 0.385. The van der Waals surface area contributed by atoms with E-state index in [2.05, 4.69) is 25.2 Å². The van der Waals surface area contributed by atoms with Crippen LogP contribution < -0.4 is 9.64 Å². The van der Waals surface area contributed by atoms with E-state index in [0.717, 1.165) is 23.8 Å². The standard InChI is InChI=1S/C12H16N4OS.CO2/c1-10-9-18-12(15-10)16(2)7-4-8-17-11-13-5-3-6-14-11;2-1-3/h3,5-6,9H,4,7-8H2,1-2H3;. The molecule has 21 heavy (non-hydrogen) atoms. The second kappa shape index (κ2) is 9.57. The van der Waals surface area contributed by atoms with Crippen LogP contribution >= 0.6 is 11.3 Å². The number of aryl methyl sites for hydroxylation is 1. The SMILES string of the molecule is Cc1csc(N(C)CCCOc2ncccn2)n1.O=C=O. The van der Waals surface area contributed by atoms with Gasteiger partial charge >= 0.3 is 12.2 Å². The Morgan fingerprint density at radius 3 is 2.57 bits per heavy atom. The zero-order chi connectivity index (χ0) is 15.5. The smallest absolute Gasteiger partial charge is 0.373 e. The minimum Gasteiger partial charge on any atom is -0.463 e. The molecule has 0 radical (unpaired) electrons. The maximum atomic E-state index is 8.12. The van der Waals surface area contributed by atoms with Crippen LogP contribution in [0.25, 0.3) is 0 Å². The van der Waals surface area contributed by atoms with E-state index in [4.69, 9.17) is 14.3 Å². The number of hydrogen-bond donors (Lipinski definition) is 0. The fourth-order valence-corrected chi connectivity index (χ4v) is 2.23. The monoisotopic (exact) mass is 308 g/mol. The summed E-state index contributed by atoms with van der Waals surface area (Å²) in [6, 6.07) is 2.20. The van der Waals surface area contributed by atoms with Gasteiger partial charge < -0.3 is 9.64 Å². The predicted octanol–water partition coefficient (Wildman–Crippen LogP) is 1.56. The van der Waals surface area contributed by atoms with Gasteiger partial charge in [-0.15, -0.1) is 11.3 Å². The molecule has 2 aromatic heterocycles. The summed E-state index contributed by atoms with van der Waals surface area (Å²) in [4.78, 5) is 30.8. The average molecular weight is 308 g/mol. The van der Waals surface area contributed by atoms with Gasteiger partial charge in [0, 0.05) is 31.4 Å². The first kappa shape index (κ1) is 16.7. The first-order valence-electron chi connectivity index (χ1n) is 6.19. The predicted molar refractivity (Wildman–Crippen MR) is 77.3 cm³/mol. The summed E-state index contributed by atoms with van der Waals surface area (Å²) < 4.78 is 5.43. The molecule has 0 aliphatic rings. The van der Waals surface area contributed by atoms with Gasteiger partial charge in [0.05, 0.1) is 12.3 Å². The molecule has 112 valence electrons. The van der Waals surface area contributed by atoms with E-state index in [1.165, 1.54) is 0 Å². The lowest BCUT2D eigenvalue weighted by molar-refractivity contribution is -0.191. The number of rotatable bonds is 6. The number of ether oxygens (including phenoxy) is 1. The molecule has 0 bridgehead atoms. The number of hydrogen-bond acceptors (Lipinski definition) is 8. The topological polar surface area (TPSA) is 85.3 Å². The lowest BCUT2D eigenvalue weighted by Gasteiger charge is -2.15. The van der Waals surface area contributed by atoms with Crippen molar-refractivity contribution in [2.45, 2.75) is 13.3 Å². The molecule has 2 aromatic rings. The van der Waals surface area contributed by atoms with Crippen molar-refractivity contribution in [2.75, 3.05) is 25.1 Å². The van der Waals surface area contributed by atoms with Crippen LogP contribution in [0.2, 0.25) is 0 Å². The molecule has 7 nitrogen and oxygen atoms in total. The van der Waals surface area contributed by atoms with Gasteiger partial charge in [-0.2, -0.15) is 9.59 Å². The summed E-state index contributed by atoms with van der Waals surface area (Å²) in [5.74, 6) is 0. The van der Waals surface area contributed by atoms with E-state index in [1.807, 2.05) is 14.0 Å². The van der Waals surface area contributed by atoms with Crippen molar-refractivity contribution in [1.82, 2.24) is 15.0 Å². The molecule has 2 rings (SSSR count). The van der Waals surface area contributed by atoms with Crippen molar-refractivity contribution >= 4 is 22.6 Å². The van der Waals surface area contributed by atoms with E-state index in [0.29, 0.717) is 12.6 Å². The number of aromatic nitrogens is 3. The Balaban J connectivity index is 0.000000677. The van der Waals surface area contributed by atoms with Crippen molar-refractivity contribution in [3.05, 3.63) is 29.5 Å². The van der Waals surface area contributed by atoms with Gasteiger partial charge in [0.25, 0.3) is 0 Å². The van der Waals surface area contributed by atoms with Gasteiger partial charge in [-0.05, 0) is 19.4 Å². The maximum Gasteiger partial charge on any atom is 0.373 e. The molecule has 0 saturated heterocycles. The summed E-state index contributed by atoms with van der Waals surface area (Å²) in [5, 5.41) is 3.10. The summed E-state index contributed by atoms with van der Waals surface area (Å²) >= 11 is 1.66. The van der Waals surface area contributed by atoms with E-state index >= 15 is 0 Å². The molecule has 0 aliphatic heterocycles. The van der Waals surface area contributed by atoms with Gasteiger partial charge in [-0.25, -0.2) is 15.0 Å². The highest BCUT2D eigenvalue weighted by molar-refractivity contribution is 7.13. The van der Waals surface area contributed by atoms with Crippen molar-refractivity contribution in [3.63, 3.8) is 0 Å². The van der Waals surface area contributed by atoms with Gasteiger partial charge in [0.2, 0.25) is 0 Å². The first-order chi connectivity index (χ1) is 10.2. The molecular formula is C13H16N4O3S. The molecule has 0 aliphatic carbocycles. The molecule has 8 heteroatoms. The molecule has 0 aromatic carbocycles. The lowest BCUT2D eigenvalue weighted by Crippen LogP contribution is -2.20. The molecule has 0 fully saturated rings. The Morgan fingerprint density at radius 2 is 2.00 bits per heavy atom. The third kappa shape index (κ3) is 6.60. The molecule has 2 heterocycles. The van der Waals surface area contributed by atoms with Crippen LogP contribution in [0.1, 0.15) is 12.1 Å².